The van der Waals surface area contributed by atoms with E-state index in [1.165, 1.54) is 54.6 Å². The Kier molecular flexibility index (Phi) is 6.07. The number of hydrogen-bond donors (Lipinski definition) is 1. The number of carbonyl (C=O) groups is 4. The van der Waals surface area contributed by atoms with Gasteiger partial charge in [-0.25, -0.2) is 9.69 Å². The quantitative estimate of drug-likeness (QED) is 0.245. The SMILES string of the molecule is O=C(COC(=O)c1ccc2c(c1)C(=O)N(c1ccc(Cl)cc1)C2=O)Nc1ccccc1[N+](=O)[O-]. The van der Waals surface area contributed by atoms with Gasteiger partial charge in [-0.05, 0) is 48.5 Å². The molecule has 0 fully saturated rings. The number of esters is 1. The Balaban J connectivity index is 1.45. The van der Waals surface area contributed by atoms with Gasteiger partial charge in [0.1, 0.15) is 5.69 Å². The highest BCUT2D eigenvalue weighted by molar-refractivity contribution is 6.35. The largest absolute Gasteiger partial charge is 0.452 e. The van der Waals surface area contributed by atoms with E-state index in [1.807, 2.05) is 0 Å². The van der Waals surface area contributed by atoms with Gasteiger partial charge >= 0.3 is 5.97 Å². The molecule has 3 aromatic rings. The van der Waals surface area contributed by atoms with Crippen LogP contribution in [0.25, 0.3) is 0 Å². The zero-order chi connectivity index (χ0) is 24.4. The van der Waals surface area contributed by atoms with E-state index in [-0.39, 0.29) is 28.1 Å². The van der Waals surface area contributed by atoms with Crippen LogP contribution in [0, 0.1) is 10.1 Å². The summed E-state index contributed by atoms with van der Waals surface area (Å²) < 4.78 is 4.96. The van der Waals surface area contributed by atoms with E-state index in [4.69, 9.17) is 16.3 Å². The number of amides is 3. The third-order valence-electron chi connectivity index (χ3n) is 4.92. The molecule has 0 saturated carbocycles. The lowest BCUT2D eigenvalue weighted by Crippen LogP contribution is -2.29. The Morgan fingerprint density at radius 1 is 0.971 bits per heavy atom. The van der Waals surface area contributed by atoms with Crippen LogP contribution in [-0.2, 0) is 9.53 Å². The smallest absolute Gasteiger partial charge is 0.338 e. The number of anilines is 2. The number of fused-ring (bicyclic) bond motifs is 1. The van der Waals surface area contributed by atoms with Crippen molar-refractivity contribution >= 4 is 52.4 Å². The molecular weight excluding hydrogens is 466 g/mol. The molecule has 1 aliphatic heterocycles. The molecule has 11 heteroatoms. The van der Waals surface area contributed by atoms with Crippen molar-refractivity contribution in [1.29, 1.82) is 0 Å². The molecule has 0 bridgehead atoms. The zero-order valence-corrected chi connectivity index (χ0v) is 17.9. The maximum Gasteiger partial charge on any atom is 0.338 e. The molecule has 4 rings (SSSR count). The summed E-state index contributed by atoms with van der Waals surface area (Å²) in [4.78, 5) is 61.4. The maximum absolute atomic E-state index is 12.8. The van der Waals surface area contributed by atoms with Crippen LogP contribution < -0.4 is 10.2 Å². The summed E-state index contributed by atoms with van der Waals surface area (Å²) >= 11 is 5.86. The first-order valence-electron chi connectivity index (χ1n) is 9.75. The number of nitro benzene ring substituents is 1. The highest BCUT2D eigenvalue weighted by Gasteiger charge is 2.37. The van der Waals surface area contributed by atoms with Crippen LogP contribution in [-0.4, -0.2) is 35.2 Å². The van der Waals surface area contributed by atoms with Crippen LogP contribution in [0.3, 0.4) is 0 Å². The van der Waals surface area contributed by atoms with Gasteiger partial charge in [-0.1, -0.05) is 23.7 Å². The normalized spacial score (nSPS) is 12.3. The lowest BCUT2D eigenvalue weighted by Gasteiger charge is -2.13. The summed E-state index contributed by atoms with van der Waals surface area (Å²) in [5, 5.41) is 13.8. The summed E-state index contributed by atoms with van der Waals surface area (Å²) in [6.07, 6.45) is 0. The third-order valence-corrected chi connectivity index (χ3v) is 5.17. The van der Waals surface area contributed by atoms with Crippen LogP contribution in [0.4, 0.5) is 17.1 Å². The average Bonchev–Trinajstić information content (AvgIpc) is 3.07. The molecule has 0 spiro atoms. The van der Waals surface area contributed by atoms with Crippen molar-refractivity contribution in [3.05, 3.63) is 98.6 Å². The predicted molar refractivity (Wildman–Crippen MR) is 121 cm³/mol. The molecule has 10 nitrogen and oxygen atoms in total. The molecule has 0 saturated heterocycles. The Hall–Kier alpha value is -4.57. The minimum Gasteiger partial charge on any atom is -0.452 e. The average molecular weight is 480 g/mol. The molecule has 1 N–H and O–H groups in total. The minimum absolute atomic E-state index is 0.0127. The molecule has 0 aliphatic carbocycles. The van der Waals surface area contributed by atoms with Crippen molar-refractivity contribution in [2.75, 3.05) is 16.8 Å². The van der Waals surface area contributed by atoms with E-state index < -0.39 is 35.2 Å². The molecule has 0 unspecified atom stereocenters. The number of nitrogens with zero attached hydrogens (tertiary/aromatic N) is 2. The third kappa shape index (κ3) is 4.34. The Labute approximate surface area is 196 Å². The number of para-hydroxylation sites is 2. The van der Waals surface area contributed by atoms with Crippen molar-refractivity contribution in [2.45, 2.75) is 0 Å². The first-order valence-corrected chi connectivity index (χ1v) is 10.1. The van der Waals surface area contributed by atoms with Gasteiger partial charge in [0.2, 0.25) is 0 Å². The zero-order valence-electron chi connectivity index (χ0n) is 17.2. The molecule has 0 atom stereocenters. The van der Waals surface area contributed by atoms with Crippen molar-refractivity contribution in [3.8, 4) is 0 Å². The van der Waals surface area contributed by atoms with E-state index in [0.717, 1.165) is 4.90 Å². The van der Waals surface area contributed by atoms with Gasteiger partial charge in [0.05, 0.1) is 27.3 Å². The maximum atomic E-state index is 12.8. The summed E-state index contributed by atoms with van der Waals surface area (Å²) in [5.74, 6) is -2.87. The first-order chi connectivity index (χ1) is 16.3. The van der Waals surface area contributed by atoms with Gasteiger partial charge in [-0.3, -0.25) is 24.5 Å². The van der Waals surface area contributed by atoms with E-state index >= 15 is 0 Å². The molecule has 170 valence electrons. The van der Waals surface area contributed by atoms with Crippen molar-refractivity contribution in [1.82, 2.24) is 0 Å². The molecule has 0 aromatic heterocycles. The van der Waals surface area contributed by atoms with Gasteiger partial charge in [0, 0.05) is 11.1 Å². The molecule has 0 radical (unpaired) electrons. The van der Waals surface area contributed by atoms with Crippen molar-refractivity contribution in [2.24, 2.45) is 0 Å². The van der Waals surface area contributed by atoms with Crippen LogP contribution in [0.15, 0.2) is 66.7 Å². The first kappa shape index (κ1) is 22.6. The number of hydrogen-bond acceptors (Lipinski definition) is 7. The fourth-order valence-electron chi connectivity index (χ4n) is 3.33. The summed E-state index contributed by atoms with van der Waals surface area (Å²) in [6, 6.07) is 15.5. The van der Waals surface area contributed by atoms with Crippen LogP contribution in [0.2, 0.25) is 5.02 Å². The van der Waals surface area contributed by atoms with Gasteiger partial charge in [0.25, 0.3) is 23.4 Å². The Bertz CT molecular complexity index is 1350. The lowest BCUT2D eigenvalue weighted by atomic mass is 10.1. The number of halogens is 1. The molecule has 1 aliphatic rings. The van der Waals surface area contributed by atoms with E-state index in [2.05, 4.69) is 5.32 Å². The summed E-state index contributed by atoms with van der Waals surface area (Å²) in [6.45, 7) is -0.717. The van der Waals surface area contributed by atoms with Crippen LogP contribution >= 0.6 is 11.6 Å². The fourth-order valence-corrected chi connectivity index (χ4v) is 3.46. The summed E-state index contributed by atoms with van der Waals surface area (Å²) in [5.41, 5.74) is 0.0545. The number of ether oxygens (including phenoxy) is 1. The minimum atomic E-state index is -0.911. The van der Waals surface area contributed by atoms with Gasteiger partial charge in [-0.15, -0.1) is 0 Å². The van der Waals surface area contributed by atoms with Gasteiger partial charge < -0.3 is 10.1 Å². The second kappa shape index (κ2) is 9.12. The van der Waals surface area contributed by atoms with Gasteiger partial charge in [-0.2, -0.15) is 0 Å². The fraction of sp³-hybridized carbons (Fsp3) is 0.0435. The highest BCUT2D eigenvalue weighted by atomic mass is 35.5. The number of benzene rings is 3. The second-order valence-corrected chi connectivity index (χ2v) is 7.52. The number of carbonyl (C=O) groups excluding carboxylic acids is 4. The summed E-state index contributed by atoms with van der Waals surface area (Å²) in [7, 11) is 0. The number of rotatable bonds is 6. The highest BCUT2D eigenvalue weighted by Crippen LogP contribution is 2.30. The van der Waals surface area contributed by atoms with E-state index in [1.54, 1.807) is 12.1 Å². The molecule has 3 amide bonds. The molecular formula is C23H14ClN3O7. The standard InChI is InChI=1S/C23H14ClN3O7/c24-14-6-8-15(9-7-14)26-21(29)16-10-5-13(11-17(16)22(26)30)23(31)34-12-20(28)25-18-3-1-2-4-19(18)27(32)33/h1-11H,12H2,(H,25,28). The number of nitro groups is 1. The Morgan fingerprint density at radius 3 is 2.35 bits per heavy atom. The number of nitrogens with one attached hydrogen (secondary N) is 1. The Morgan fingerprint density at radius 2 is 1.65 bits per heavy atom. The predicted octanol–water partition coefficient (Wildman–Crippen LogP) is 3.84. The van der Waals surface area contributed by atoms with E-state index in [9.17, 15) is 29.3 Å². The number of imide groups is 1. The van der Waals surface area contributed by atoms with Crippen LogP contribution in [0.5, 0.6) is 0 Å². The monoisotopic (exact) mass is 479 g/mol. The topological polar surface area (TPSA) is 136 Å². The van der Waals surface area contributed by atoms with Crippen molar-refractivity contribution in [3.63, 3.8) is 0 Å². The lowest BCUT2D eigenvalue weighted by molar-refractivity contribution is -0.383. The van der Waals surface area contributed by atoms with Crippen LogP contribution in [0.1, 0.15) is 31.1 Å². The molecule has 1 heterocycles. The van der Waals surface area contributed by atoms with Crippen molar-refractivity contribution < 1.29 is 28.8 Å². The second-order valence-electron chi connectivity index (χ2n) is 7.08. The van der Waals surface area contributed by atoms with E-state index in [0.29, 0.717) is 10.7 Å². The molecule has 34 heavy (non-hydrogen) atoms. The van der Waals surface area contributed by atoms with Gasteiger partial charge in [0.15, 0.2) is 6.61 Å². The molecule has 3 aromatic carbocycles.